The molecule has 0 heterocycles. The molecule has 100 valence electrons. The summed E-state index contributed by atoms with van der Waals surface area (Å²) in [6, 6.07) is 7.42. The second kappa shape index (κ2) is 5.11. The van der Waals surface area contributed by atoms with Gasteiger partial charge in [-0.05, 0) is 37.0 Å². The molecule has 3 heteroatoms. The molecule has 0 aliphatic carbocycles. The quantitative estimate of drug-likeness (QED) is 0.835. The molecular formula is C15H23NO2. The van der Waals surface area contributed by atoms with Gasteiger partial charge in [-0.15, -0.1) is 0 Å². The Bertz CT molecular complexity index is 403. The Labute approximate surface area is 109 Å². The Balaban J connectivity index is 3.07. The van der Waals surface area contributed by atoms with E-state index in [4.69, 9.17) is 10.5 Å². The van der Waals surface area contributed by atoms with Crippen molar-refractivity contribution < 1.29 is 9.53 Å². The third kappa shape index (κ3) is 2.91. The fraction of sp³-hybridized carbons (Fsp3) is 0.533. The van der Waals surface area contributed by atoms with Crippen LogP contribution in [0.4, 0.5) is 0 Å². The van der Waals surface area contributed by atoms with Crippen molar-refractivity contribution in [2.75, 3.05) is 0 Å². The van der Waals surface area contributed by atoms with E-state index >= 15 is 0 Å². The molecule has 0 fully saturated rings. The molecule has 1 unspecified atom stereocenters. The van der Waals surface area contributed by atoms with Gasteiger partial charge < -0.3 is 15.3 Å². The van der Waals surface area contributed by atoms with E-state index in [-0.39, 0.29) is 11.5 Å². The van der Waals surface area contributed by atoms with Crippen LogP contribution < -0.4 is 10.5 Å². The lowest BCUT2D eigenvalue weighted by molar-refractivity contribution is -0.116. The molecule has 0 amide bonds. The van der Waals surface area contributed by atoms with Gasteiger partial charge in [-0.25, -0.2) is 0 Å². The molecule has 1 aromatic carbocycles. The molecule has 0 aliphatic heterocycles. The first-order valence-corrected chi connectivity index (χ1v) is 6.23. The number of carbonyl (C=O) groups is 1. The number of benzene rings is 1. The minimum atomic E-state index is -0.983. The highest BCUT2D eigenvalue weighted by Crippen LogP contribution is 2.35. The monoisotopic (exact) mass is 249 g/mol. The summed E-state index contributed by atoms with van der Waals surface area (Å²) in [4.78, 5) is 11.4. The number of aldehydes is 1. The minimum absolute atomic E-state index is 0.132. The maximum Gasteiger partial charge on any atom is 0.144 e. The molecular weight excluding hydrogens is 226 g/mol. The van der Waals surface area contributed by atoms with Crippen molar-refractivity contribution in [3.8, 4) is 5.75 Å². The molecule has 2 N–H and O–H groups in total. The van der Waals surface area contributed by atoms with Crippen LogP contribution >= 0.6 is 0 Å². The highest BCUT2D eigenvalue weighted by atomic mass is 16.5. The smallest absolute Gasteiger partial charge is 0.144 e. The molecule has 18 heavy (non-hydrogen) atoms. The number of carbonyl (C=O) groups excluding carboxylic acids is 1. The predicted octanol–water partition coefficient (Wildman–Crippen LogP) is 2.87. The van der Waals surface area contributed by atoms with Gasteiger partial charge in [0.25, 0.3) is 0 Å². The van der Waals surface area contributed by atoms with Gasteiger partial charge in [-0.1, -0.05) is 32.9 Å². The number of nitrogens with two attached hydrogens (primary N) is 1. The standard InChI is InChI=1S/C15H23NO2/c1-11(2)18-13-8-6-12(7-9-13)15(16,10-17)14(3,4)5/h6-11H,16H2,1-5H3. The highest BCUT2D eigenvalue weighted by molar-refractivity contribution is 5.69. The van der Waals surface area contributed by atoms with Gasteiger partial charge in [0.05, 0.1) is 6.10 Å². The van der Waals surface area contributed by atoms with E-state index in [0.717, 1.165) is 17.6 Å². The van der Waals surface area contributed by atoms with Crippen LogP contribution in [0, 0.1) is 5.41 Å². The van der Waals surface area contributed by atoms with E-state index in [1.165, 1.54) is 0 Å². The van der Waals surface area contributed by atoms with Crippen molar-refractivity contribution in [3.63, 3.8) is 0 Å². The maximum atomic E-state index is 11.4. The van der Waals surface area contributed by atoms with Gasteiger partial charge in [-0.3, -0.25) is 0 Å². The van der Waals surface area contributed by atoms with Crippen LogP contribution in [0.1, 0.15) is 40.2 Å². The minimum Gasteiger partial charge on any atom is -0.491 e. The summed E-state index contributed by atoms with van der Waals surface area (Å²) >= 11 is 0. The first-order chi connectivity index (χ1) is 8.20. The Morgan fingerprint density at radius 2 is 1.67 bits per heavy atom. The maximum absolute atomic E-state index is 11.4. The lowest BCUT2D eigenvalue weighted by Crippen LogP contribution is -2.49. The van der Waals surface area contributed by atoms with Crippen LogP contribution in [0.5, 0.6) is 5.75 Å². The second-order valence-corrected chi connectivity index (χ2v) is 5.93. The van der Waals surface area contributed by atoms with Crippen molar-refractivity contribution in [3.05, 3.63) is 29.8 Å². The fourth-order valence-corrected chi connectivity index (χ4v) is 1.76. The molecule has 0 saturated heterocycles. The Kier molecular flexibility index (Phi) is 4.17. The van der Waals surface area contributed by atoms with Gasteiger partial charge in [0, 0.05) is 0 Å². The molecule has 0 aliphatic rings. The van der Waals surface area contributed by atoms with Crippen molar-refractivity contribution in [1.82, 2.24) is 0 Å². The molecule has 0 radical (unpaired) electrons. The van der Waals surface area contributed by atoms with Crippen LogP contribution in [-0.2, 0) is 10.3 Å². The predicted molar refractivity (Wildman–Crippen MR) is 73.6 cm³/mol. The molecule has 0 spiro atoms. The van der Waals surface area contributed by atoms with E-state index in [1.54, 1.807) is 0 Å². The first-order valence-electron chi connectivity index (χ1n) is 6.23. The van der Waals surface area contributed by atoms with Crippen molar-refractivity contribution in [2.24, 2.45) is 11.1 Å². The number of hydrogen-bond acceptors (Lipinski definition) is 3. The SMILES string of the molecule is CC(C)Oc1ccc(C(N)(C=O)C(C)(C)C)cc1. The van der Waals surface area contributed by atoms with Gasteiger partial charge in [0.15, 0.2) is 0 Å². The largest absolute Gasteiger partial charge is 0.491 e. The summed E-state index contributed by atoms with van der Waals surface area (Å²) in [5, 5.41) is 0. The van der Waals surface area contributed by atoms with Gasteiger partial charge >= 0.3 is 0 Å². The first kappa shape index (κ1) is 14.7. The Morgan fingerprint density at radius 1 is 1.17 bits per heavy atom. The summed E-state index contributed by atoms with van der Waals surface area (Å²) in [6.45, 7) is 9.82. The van der Waals surface area contributed by atoms with E-state index in [1.807, 2.05) is 58.9 Å². The lowest BCUT2D eigenvalue weighted by atomic mass is 9.71. The number of hydrogen-bond donors (Lipinski definition) is 1. The Morgan fingerprint density at radius 3 is 2.00 bits per heavy atom. The van der Waals surface area contributed by atoms with Crippen LogP contribution in [0.15, 0.2) is 24.3 Å². The van der Waals surface area contributed by atoms with Crippen molar-refractivity contribution in [1.29, 1.82) is 0 Å². The average molecular weight is 249 g/mol. The van der Waals surface area contributed by atoms with Gasteiger partial charge in [0.1, 0.15) is 17.6 Å². The molecule has 1 rings (SSSR count). The van der Waals surface area contributed by atoms with Crippen LogP contribution in [-0.4, -0.2) is 12.4 Å². The van der Waals surface area contributed by atoms with E-state index < -0.39 is 5.54 Å². The lowest BCUT2D eigenvalue weighted by Gasteiger charge is -2.37. The summed E-state index contributed by atoms with van der Waals surface area (Å²) in [7, 11) is 0. The number of ether oxygens (including phenoxy) is 1. The summed E-state index contributed by atoms with van der Waals surface area (Å²) < 4.78 is 5.57. The molecule has 0 saturated carbocycles. The zero-order valence-corrected chi connectivity index (χ0v) is 11.9. The fourth-order valence-electron chi connectivity index (χ4n) is 1.76. The third-order valence-electron chi connectivity index (χ3n) is 3.13. The highest BCUT2D eigenvalue weighted by Gasteiger charge is 2.39. The Hall–Kier alpha value is -1.35. The normalized spacial score (nSPS) is 15.3. The molecule has 0 bridgehead atoms. The third-order valence-corrected chi connectivity index (χ3v) is 3.13. The molecule has 1 aromatic rings. The van der Waals surface area contributed by atoms with E-state index in [9.17, 15) is 4.79 Å². The molecule has 0 aromatic heterocycles. The topological polar surface area (TPSA) is 52.3 Å². The van der Waals surface area contributed by atoms with E-state index in [2.05, 4.69) is 0 Å². The molecule has 3 nitrogen and oxygen atoms in total. The van der Waals surface area contributed by atoms with Gasteiger partial charge in [-0.2, -0.15) is 0 Å². The summed E-state index contributed by atoms with van der Waals surface area (Å²) in [5.74, 6) is 0.788. The van der Waals surface area contributed by atoms with Gasteiger partial charge in [0.2, 0.25) is 0 Å². The summed E-state index contributed by atoms with van der Waals surface area (Å²) in [5.41, 5.74) is 5.72. The van der Waals surface area contributed by atoms with Crippen LogP contribution in [0.25, 0.3) is 0 Å². The van der Waals surface area contributed by atoms with E-state index in [0.29, 0.717) is 0 Å². The average Bonchev–Trinajstić information content (AvgIpc) is 2.26. The van der Waals surface area contributed by atoms with Crippen LogP contribution in [0.2, 0.25) is 0 Å². The number of rotatable bonds is 4. The zero-order chi connectivity index (χ0) is 14.0. The summed E-state index contributed by atoms with van der Waals surface area (Å²) in [6.07, 6.45) is 0.956. The zero-order valence-electron chi connectivity index (χ0n) is 11.9. The van der Waals surface area contributed by atoms with Crippen LogP contribution in [0.3, 0.4) is 0 Å². The molecule has 1 atom stereocenters. The second-order valence-electron chi connectivity index (χ2n) is 5.93. The van der Waals surface area contributed by atoms with Crippen molar-refractivity contribution >= 4 is 6.29 Å². The van der Waals surface area contributed by atoms with Crippen molar-refractivity contribution in [2.45, 2.75) is 46.3 Å².